The van der Waals surface area contributed by atoms with Gasteiger partial charge in [-0.25, -0.2) is 0 Å². The molecule has 5 nitrogen and oxygen atoms in total. The van der Waals surface area contributed by atoms with Crippen molar-refractivity contribution in [3.8, 4) is 11.5 Å². The molecule has 2 N–H and O–H groups in total. The molecule has 1 atom stereocenters. The summed E-state index contributed by atoms with van der Waals surface area (Å²) < 4.78 is 9.33. The van der Waals surface area contributed by atoms with Crippen LogP contribution in [0.3, 0.4) is 0 Å². The quantitative estimate of drug-likeness (QED) is 0.749. The summed E-state index contributed by atoms with van der Waals surface area (Å²) in [5, 5.41) is 19.0. The van der Waals surface area contributed by atoms with Gasteiger partial charge in [-0.3, -0.25) is 4.79 Å². The normalized spacial score (nSPS) is 11.9. The van der Waals surface area contributed by atoms with Crippen molar-refractivity contribution in [2.24, 2.45) is 0 Å². The Morgan fingerprint density at radius 1 is 1.44 bits per heavy atom. The van der Waals surface area contributed by atoms with Gasteiger partial charge in [-0.05, 0) is 17.7 Å². The molecule has 5 heteroatoms. The summed E-state index contributed by atoms with van der Waals surface area (Å²) in [5.41, 5.74) is 0.486. The number of aromatic hydroxyl groups is 1. The number of hydrogen-bond donors (Lipinski definition) is 2. The smallest absolute Gasteiger partial charge is 0.308 e. The predicted molar refractivity (Wildman–Crippen MR) is 56.3 cm³/mol. The van der Waals surface area contributed by atoms with Gasteiger partial charge in [0.05, 0.1) is 26.7 Å². The molecule has 0 aromatic heterocycles. The van der Waals surface area contributed by atoms with Crippen LogP contribution in [0, 0.1) is 0 Å². The second-order valence-electron chi connectivity index (χ2n) is 3.23. The third-order valence-corrected chi connectivity index (χ3v) is 2.18. The first kappa shape index (κ1) is 12.3. The number of ether oxygens (including phenoxy) is 2. The Hall–Kier alpha value is -1.75. The SMILES string of the molecule is COC(=O)CC(O)c1ccc(O)c(OC)c1. The maximum atomic E-state index is 11.0. The Morgan fingerprint density at radius 2 is 2.12 bits per heavy atom. The minimum atomic E-state index is -0.970. The molecule has 1 aromatic carbocycles. The lowest BCUT2D eigenvalue weighted by Gasteiger charge is -2.11. The van der Waals surface area contributed by atoms with E-state index in [1.54, 1.807) is 0 Å². The fraction of sp³-hybridized carbons (Fsp3) is 0.364. The van der Waals surface area contributed by atoms with Crippen molar-refractivity contribution >= 4 is 5.97 Å². The van der Waals surface area contributed by atoms with Gasteiger partial charge in [-0.2, -0.15) is 0 Å². The first-order valence-corrected chi connectivity index (χ1v) is 4.70. The van der Waals surface area contributed by atoms with Gasteiger partial charge >= 0.3 is 5.97 Å². The van der Waals surface area contributed by atoms with Crippen molar-refractivity contribution in [1.82, 2.24) is 0 Å². The Kier molecular flexibility index (Phi) is 4.13. The maximum absolute atomic E-state index is 11.0. The standard InChI is InChI=1S/C11H14O5/c1-15-10-5-7(3-4-8(10)12)9(13)6-11(14)16-2/h3-5,9,12-13H,6H2,1-2H3. The lowest BCUT2D eigenvalue weighted by molar-refractivity contribution is -0.142. The van der Waals surface area contributed by atoms with Gasteiger partial charge in [0.15, 0.2) is 11.5 Å². The molecule has 88 valence electrons. The number of methoxy groups -OCH3 is 2. The number of benzene rings is 1. The summed E-state index contributed by atoms with van der Waals surface area (Å²) in [7, 11) is 2.66. The molecule has 1 unspecified atom stereocenters. The van der Waals surface area contributed by atoms with E-state index in [0.717, 1.165) is 0 Å². The summed E-state index contributed by atoms with van der Waals surface area (Å²) in [6.45, 7) is 0. The average molecular weight is 226 g/mol. The Labute approximate surface area is 93.2 Å². The highest BCUT2D eigenvalue weighted by molar-refractivity contribution is 5.70. The molecule has 0 amide bonds. The van der Waals surface area contributed by atoms with Crippen LogP contribution < -0.4 is 4.74 Å². The van der Waals surface area contributed by atoms with E-state index in [2.05, 4.69) is 4.74 Å². The van der Waals surface area contributed by atoms with Crippen molar-refractivity contribution in [2.75, 3.05) is 14.2 Å². The average Bonchev–Trinajstić information content (AvgIpc) is 2.29. The van der Waals surface area contributed by atoms with Gasteiger partial charge in [0.1, 0.15) is 0 Å². The van der Waals surface area contributed by atoms with E-state index in [9.17, 15) is 15.0 Å². The molecule has 0 aliphatic carbocycles. The van der Waals surface area contributed by atoms with Crippen molar-refractivity contribution in [3.63, 3.8) is 0 Å². The van der Waals surface area contributed by atoms with Crippen molar-refractivity contribution in [2.45, 2.75) is 12.5 Å². The second-order valence-corrected chi connectivity index (χ2v) is 3.23. The number of aliphatic hydroxyl groups excluding tert-OH is 1. The first-order chi connectivity index (χ1) is 7.58. The number of carbonyl (C=O) groups is 1. The minimum Gasteiger partial charge on any atom is -0.504 e. The van der Waals surface area contributed by atoms with Gasteiger partial charge in [-0.15, -0.1) is 0 Å². The molecule has 0 fully saturated rings. The molecule has 0 bridgehead atoms. The van der Waals surface area contributed by atoms with E-state index in [4.69, 9.17) is 4.74 Å². The van der Waals surface area contributed by atoms with Crippen LogP contribution >= 0.6 is 0 Å². The van der Waals surface area contributed by atoms with Crippen LogP contribution in [0.4, 0.5) is 0 Å². The van der Waals surface area contributed by atoms with Gasteiger partial charge in [0.25, 0.3) is 0 Å². The van der Waals surface area contributed by atoms with Crippen LogP contribution in [-0.2, 0) is 9.53 Å². The van der Waals surface area contributed by atoms with Gasteiger partial charge in [-0.1, -0.05) is 6.07 Å². The lowest BCUT2D eigenvalue weighted by atomic mass is 10.1. The summed E-state index contributed by atoms with van der Waals surface area (Å²) in [4.78, 5) is 11.0. The molecule has 0 saturated carbocycles. The van der Waals surface area contributed by atoms with E-state index in [-0.39, 0.29) is 17.9 Å². The Balaban J connectivity index is 2.83. The molecule has 0 radical (unpaired) electrons. The molecule has 1 rings (SSSR count). The number of carbonyl (C=O) groups excluding carboxylic acids is 1. The summed E-state index contributed by atoms with van der Waals surface area (Å²) in [6.07, 6.45) is -1.10. The fourth-order valence-electron chi connectivity index (χ4n) is 1.26. The predicted octanol–water partition coefficient (Wildman–Crippen LogP) is 0.997. The maximum Gasteiger partial charge on any atom is 0.308 e. The van der Waals surface area contributed by atoms with E-state index in [1.165, 1.54) is 32.4 Å². The number of rotatable bonds is 4. The molecular weight excluding hydrogens is 212 g/mol. The van der Waals surface area contributed by atoms with Gasteiger partial charge in [0, 0.05) is 0 Å². The van der Waals surface area contributed by atoms with E-state index in [0.29, 0.717) is 5.56 Å². The monoisotopic (exact) mass is 226 g/mol. The Morgan fingerprint density at radius 3 is 2.69 bits per heavy atom. The molecule has 0 heterocycles. The largest absolute Gasteiger partial charge is 0.504 e. The van der Waals surface area contributed by atoms with Crippen molar-refractivity contribution < 1.29 is 24.5 Å². The van der Waals surface area contributed by atoms with Crippen molar-refractivity contribution in [1.29, 1.82) is 0 Å². The Bertz CT molecular complexity index is 375. The van der Waals surface area contributed by atoms with Crippen LogP contribution in [0.1, 0.15) is 18.1 Å². The highest BCUT2D eigenvalue weighted by atomic mass is 16.5. The minimum absolute atomic E-state index is 0.0171. The van der Waals surface area contributed by atoms with Gasteiger partial charge < -0.3 is 19.7 Å². The van der Waals surface area contributed by atoms with Crippen LogP contribution in [0.25, 0.3) is 0 Å². The molecule has 0 aliphatic rings. The molecular formula is C11H14O5. The van der Waals surface area contributed by atoms with Crippen LogP contribution in [0.15, 0.2) is 18.2 Å². The zero-order valence-electron chi connectivity index (χ0n) is 9.14. The summed E-state index contributed by atoms with van der Waals surface area (Å²) >= 11 is 0. The van der Waals surface area contributed by atoms with Crippen LogP contribution in [0.2, 0.25) is 0 Å². The highest BCUT2D eigenvalue weighted by Crippen LogP contribution is 2.29. The molecule has 0 spiro atoms. The zero-order chi connectivity index (χ0) is 12.1. The first-order valence-electron chi connectivity index (χ1n) is 4.70. The molecule has 0 saturated heterocycles. The lowest BCUT2D eigenvalue weighted by Crippen LogP contribution is -2.08. The number of esters is 1. The molecule has 0 aliphatic heterocycles. The van der Waals surface area contributed by atoms with Crippen LogP contribution in [-0.4, -0.2) is 30.4 Å². The molecule has 16 heavy (non-hydrogen) atoms. The van der Waals surface area contributed by atoms with E-state index < -0.39 is 12.1 Å². The zero-order valence-corrected chi connectivity index (χ0v) is 9.14. The number of phenols is 1. The van der Waals surface area contributed by atoms with Crippen LogP contribution in [0.5, 0.6) is 11.5 Å². The third-order valence-electron chi connectivity index (χ3n) is 2.18. The fourth-order valence-corrected chi connectivity index (χ4v) is 1.26. The summed E-state index contributed by atoms with van der Waals surface area (Å²) in [6, 6.07) is 4.39. The van der Waals surface area contributed by atoms with E-state index in [1.807, 2.05) is 0 Å². The number of aliphatic hydroxyl groups is 1. The third kappa shape index (κ3) is 2.87. The second kappa shape index (κ2) is 5.37. The topological polar surface area (TPSA) is 76.0 Å². The number of phenolic OH excluding ortho intramolecular Hbond substituents is 1. The molecule has 1 aromatic rings. The van der Waals surface area contributed by atoms with Gasteiger partial charge in [0.2, 0.25) is 0 Å². The van der Waals surface area contributed by atoms with Crippen molar-refractivity contribution in [3.05, 3.63) is 23.8 Å². The van der Waals surface area contributed by atoms with E-state index >= 15 is 0 Å². The summed E-state index contributed by atoms with van der Waals surface area (Å²) in [5.74, 6) is -0.266. The number of hydrogen-bond acceptors (Lipinski definition) is 5. The highest BCUT2D eigenvalue weighted by Gasteiger charge is 2.15.